The zero-order chi connectivity index (χ0) is 20.1. The molecule has 0 aromatic heterocycles. The lowest BCUT2D eigenvalue weighted by atomic mass is 10.2. The van der Waals surface area contributed by atoms with Crippen LogP contribution in [0.2, 0.25) is 0 Å². The number of amidine groups is 1. The highest BCUT2D eigenvalue weighted by atomic mass is 32.2. The first kappa shape index (κ1) is 19.7. The van der Waals surface area contributed by atoms with E-state index in [-0.39, 0.29) is 11.6 Å². The van der Waals surface area contributed by atoms with E-state index in [1.54, 1.807) is 37.3 Å². The Morgan fingerprint density at radius 3 is 2.57 bits per heavy atom. The summed E-state index contributed by atoms with van der Waals surface area (Å²) in [6, 6.07) is 10.9. The van der Waals surface area contributed by atoms with Crippen LogP contribution in [-0.4, -0.2) is 47.4 Å². The lowest BCUT2D eigenvalue weighted by Gasteiger charge is -2.28. The number of carbonyl (C=O) groups excluding carboxylic acids is 1. The average molecular weight is 401 g/mol. The van der Waals surface area contributed by atoms with E-state index in [0.717, 1.165) is 12.2 Å². The van der Waals surface area contributed by atoms with Crippen LogP contribution >= 0.6 is 11.8 Å². The summed E-state index contributed by atoms with van der Waals surface area (Å²) in [4.78, 5) is 29.5. The standard InChI is InChI=1S/C19H19N3O5S/c1-26-15-8-9-17(27-2)16(12-15)20-19-21(10-3-11-28-19)18(23)13-4-6-14(7-5-13)22(24)25/h4-9,12H,3,10-11H2,1-2H3. The van der Waals surface area contributed by atoms with E-state index in [9.17, 15) is 14.9 Å². The molecular formula is C19H19N3O5S. The van der Waals surface area contributed by atoms with Crippen molar-refractivity contribution < 1.29 is 19.2 Å². The summed E-state index contributed by atoms with van der Waals surface area (Å²) in [7, 11) is 3.12. The maximum absolute atomic E-state index is 13.0. The largest absolute Gasteiger partial charge is 0.497 e. The molecule has 28 heavy (non-hydrogen) atoms. The summed E-state index contributed by atoms with van der Waals surface area (Å²) in [5.41, 5.74) is 0.880. The molecule has 0 N–H and O–H groups in total. The number of hydrogen-bond donors (Lipinski definition) is 0. The molecular weight excluding hydrogens is 382 g/mol. The van der Waals surface area contributed by atoms with Crippen molar-refractivity contribution >= 4 is 34.2 Å². The third kappa shape index (κ3) is 4.25. The van der Waals surface area contributed by atoms with Gasteiger partial charge >= 0.3 is 0 Å². The fraction of sp³-hybridized carbons (Fsp3) is 0.263. The van der Waals surface area contributed by atoms with E-state index in [1.807, 2.05) is 0 Å². The predicted molar refractivity (Wildman–Crippen MR) is 108 cm³/mol. The van der Waals surface area contributed by atoms with E-state index in [1.165, 1.54) is 36.0 Å². The van der Waals surface area contributed by atoms with Crippen LogP contribution in [0.15, 0.2) is 47.5 Å². The molecule has 0 saturated carbocycles. The number of nitro groups is 1. The van der Waals surface area contributed by atoms with E-state index >= 15 is 0 Å². The molecule has 9 heteroatoms. The van der Waals surface area contributed by atoms with Crippen molar-refractivity contribution in [3.63, 3.8) is 0 Å². The fourth-order valence-electron chi connectivity index (χ4n) is 2.71. The quantitative estimate of drug-likeness (QED) is 0.557. The van der Waals surface area contributed by atoms with Crippen LogP contribution in [0.4, 0.5) is 11.4 Å². The molecule has 1 aliphatic rings. The number of benzene rings is 2. The van der Waals surface area contributed by atoms with Gasteiger partial charge in [-0.2, -0.15) is 0 Å². The van der Waals surface area contributed by atoms with Gasteiger partial charge in [0, 0.05) is 36.1 Å². The number of amides is 1. The number of aliphatic imine (C=N–C) groups is 1. The van der Waals surface area contributed by atoms with Gasteiger partial charge in [-0.3, -0.25) is 19.8 Å². The average Bonchev–Trinajstić information content (AvgIpc) is 2.73. The molecule has 0 aliphatic carbocycles. The van der Waals surface area contributed by atoms with Crippen molar-refractivity contribution in [3.8, 4) is 11.5 Å². The summed E-state index contributed by atoms with van der Waals surface area (Å²) in [6.07, 6.45) is 0.831. The summed E-state index contributed by atoms with van der Waals surface area (Å²) in [5.74, 6) is 1.80. The van der Waals surface area contributed by atoms with Gasteiger partial charge in [0.15, 0.2) is 5.17 Å². The van der Waals surface area contributed by atoms with Gasteiger partial charge in [-0.15, -0.1) is 0 Å². The molecule has 1 fully saturated rings. The fourth-order valence-corrected chi connectivity index (χ4v) is 3.66. The zero-order valence-electron chi connectivity index (χ0n) is 15.5. The molecule has 1 saturated heterocycles. The zero-order valence-corrected chi connectivity index (χ0v) is 16.3. The van der Waals surface area contributed by atoms with Crippen molar-refractivity contribution in [2.45, 2.75) is 6.42 Å². The number of carbonyl (C=O) groups is 1. The van der Waals surface area contributed by atoms with Gasteiger partial charge in [-0.1, -0.05) is 11.8 Å². The first-order chi connectivity index (χ1) is 13.5. The Morgan fingerprint density at radius 1 is 1.18 bits per heavy atom. The molecule has 146 valence electrons. The van der Waals surface area contributed by atoms with E-state index in [4.69, 9.17) is 9.47 Å². The normalized spacial score (nSPS) is 15.4. The molecule has 1 amide bonds. The number of non-ortho nitro benzene ring substituents is 1. The number of ether oxygens (including phenoxy) is 2. The number of methoxy groups -OCH3 is 2. The Kier molecular flexibility index (Phi) is 6.15. The van der Waals surface area contributed by atoms with Gasteiger partial charge < -0.3 is 9.47 Å². The van der Waals surface area contributed by atoms with Crippen LogP contribution in [0, 0.1) is 10.1 Å². The number of nitrogens with zero attached hydrogens (tertiary/aromatic N) is 3. The smallest absolute Gasteiger partial charge is 0.269 e. The molecule has 0 radical (unpaired) electrons. The first-order valence-electron chi connectivity index (χ1n) is 8.53. The summed E-state index contributed by atoms with van der Waals surface area (Å²) < 4.78 is 10.6. The van der Waals surface area contributed by atoms with Crippen LogP contribution in [0.5, 0.6) is 11.5 Å². The molecule has 1 heterocycles. The Balaban J connectivity index is 1.93. The molecule has 0 unspecified atom stereocenters. The molecule has 8 nitrogen and oxygen atoms in total. The number of rotatable bonds is 5. The van der Waals surface area contributed by atoms with Gasteiger partial charge in [0.2, 0.25) is 0 Å². The Hall–Kier alpha value is -3.07. The van der Waals surface area contributed by atoms with Gasteiger partial charge in [0.25, 0.3) is 11.6 Å². The van der Waals surface area contributed by atoms with Crippen molar-refractivity contribution in [2.75, 3.05) is 26.5 Å². The highest BCUT2D eigenvalue weighted by Crippen LogP contribution is 2.34. The number of hydrogen-bond acceptors (Lipinski definition) is 7. The minimum Gasteiger partial charge on any atom is -0.497 e. The molecule has 1 aliphatic heterocycles. The Bertz CT molecular complexity index is 914. The van der Waals surface area contributed by atoms with Crippen LogP contribution in [0.3, 0.4) is 0 Å². The van der Waals surface area contributed by atoms with Crippen LogP contribution in [0.25, 0.3) is 0 Å². The van der Waals surface area contributed by atoms with Gasteiger partial charge in [0.05, 0.1) is 19.1 Å². The van der Waals surface area contributed by atoms with Crippen molar-refractivity contribution in [2.24, 2.45) is 4.99 Å². The third-order valence-corrected chi connectivity index (χ3v) is 5.22. The SMILES string of the molecule is COc1ccc(OC)c(N=C2SCCCN2C(=O)c2ccc([N+](=O)[O-])cc2)c1. The second-order valence-electron chi connectivity index (χ2n) is 5.89. The monoisotopic (exact) mass is 401 g/mol. The van der Waals surface area contributed by atoms with Crippen LogP contribution in [0.1, 0.15) is 16.8 Å². The van der Waals surface area contributed by atoms with Crippen molar-refractivity contribution in [1.29, 1.82) is 0 Å². The first-order valence-corrected chi connectivity index (χ1v) is 9.52. The van der Waals surface area contributed by atoms with Crippen LogP contribution in [-0.2, 0) is 0 Å². The second kappa shape index (κ2) is 8.75. The second-order valence-corrected chi connectivity index (χ2v) is 6.96. The lowest BCUT2D eigenvalue weighted by Crippen LogP contribution is -2.39. The maximum atomic E-state index is 13.0. The Labute approximate surface area is 166 Å². The van der Waals surface area contributed by atoms with Crippen LogP contribution < -0.4 is 9.47 Å². The molecule has 2 aromatic rings. The van der Waals surface area contributed by atoms with E-state index in [2.05, 4.69) is 4.99 Å². The summed E-state index contributed by atoms with van der Waals surface area (Å²) in [5, 5.41) is 11.4. The van der Waals surface area contributed by atoms with E-state index in [0.29, 0.717) is 34.5 Å². The minimum absolute atomic E-state index is 0.0559. The number of nitro benzene ring substituents is 1. The third-order valence-electron chi connectivity index (χ3n) is 4.16. The van der Waals surface area contributed by atoms with Gasteiger partial charge in [0.1, 0.15) is 17.2 Å². The summed E-state index contributed by atoms with van der Waals surface area (Å²) >= 11 is 1.48. The van der Waals surface area contributed by atoms with E-state index < -0.39 is 4.92 Å². The minimum atomic E-state index is -0.493. The molecule has 0 atom stereocenters. The topological polar surface area (TPSA) is 94.3 Å². The van der Waals surface area contributed by atoms with Gasteiger partial charge in [-0.05, 0) is 30.7 Å². The summed E-state index contributed by atoms with van der Waals surface area (Å²) in [6.45, 7) is 0.522. The van der Waals surface area contributed by atoms with Crippen molar-refractivity contribution in [1.82, 2.24) is 4.90 Å². The molecule has 0 bridgehead atoms. The molecule has 2 aromatic carbocycles. The maximum Gasteiger partial charge on any atom is 0.269 e. The molecule has 0 spiro atoms. The predicted octanol–water partition coefficient (Wildman–Crippen LogP) is 3.88. The highest BCUT2D eigenvalue weighted by Gasteiger charge is 2.25. The Morgan fingerprint density at radius 2 is 1.93 bits per heavy atom. The lowest BCUT2D eigenvalue weighted by molar-refractivity contribution is -0.384. The molecule has 3 rings (SSSR count). The highest BCUT2D eigenvalue weighted by molar-refractivity contribution is 8.13. The number of thioether (sulfide) groups is 1. The van der Waals surface area contributed by atoms with Crippen molar-refractivity contribution in [3.05, 3.63) is 58.1 Å². The van der Waals surface area contributed by atoms with Gasteiger partial charge in [-0.25, -0.2) is 4.99 Å².